The summed E-state index contributed by atoms with van der Waals surface area (Å²) >= 11 is 12.9. The zero-order chi connectivity index (χ0) is 59.5. The number of carboxylic acid groups (broad SMARTS) is 1. The van der Waals surface area contributed by atoms with Crippen LogP contribution in [-0.2, 0) is 33.9 Å². The third-order valence-corrected chi connectivity index (χ3v) is 19.4. The number of sulfonamides is 1. The van der Waals surface area contributed by atoms with Gasteiger partial charge in [-0.1, -0.05) is 88.0 Å². The Balaban J connectivity index is 0.743. The van der Waals surface area contributed by atoms with E-state index in [1.165, 1.54) is 11.2 Å². The molecule has 3 saturated heterocycles. The molecular weight excluding hydrogens is 1120 g/mol. The number of carbonyl (C=O) groups excluding carboxylic acids is 4. The number of anilines is 3. The Hall–Kier alpha value is -6.52. The molecule has 0 bridgehead atoms. The molecule has 23 heteroatoms. The Morgan fingerprint density at radius 1 is 0.831 bits per heavy atom. The van der Waals surface area contributed by atoms with Crippen LogP contribution in [0.2, 0.25) is 10.0 Å². The SMILES string of the molecule is CC(=O)c1c(C)c2cnc(Nc3ccc(N4CCN(C(=O)CCOCCC(=O)N5CCN(S(=O)(=O)CC(N6C(=O)[C@@](C)(CC(=O)O)C[C@H](c7cccc(Cl)c7)[C@H]6c6ccc(Cl)cc6)C(C)(C)C)CC5)CC4)cn3)nc2n(C2CCCC2)c1=O. The van der Waals surface area contributed by atoms with Crippen LogP contribution in [0.3, 0.4) is 0 Å². The molecule has 2 aromatic carbocycles. The molecule has 9 rings (SSSR count). The van der Waals surface area contributed by atoms with E-state index in [1.807, 2.05) is 57.2 Å². The van der Waals surface area contributed by atoms with Crippen LogP contribution in [0, 0.1) is 17.8 Å². The number of carbonyl (C=O) groups is 5. The molecule has 3 aliphatic heterocycles. The van der Waals surface area contributed by atoms with E-state index in [9.17, 15) is 37.5 Å². The molecule has 4 aliphatic rings. The molecule has 1 unspecified atom stereocenters. The number of carboxylic acids is 1. The highest BCUT2D eigenvalue weighted by molar-refractivity contribution is 7.89. The molecule has 20 nitrogen and oxygen atoms in total. The number of aryl methyl sites for hydroxylation is 1. The second-order valence-electron chi connectivity index (χ2n) is 23.8. The van der Waals surface area contributed by atoms with Crippen molar-refractivity contribution in [1.82, 2.24) is 38.5 Å². The molecular formula is C60H74Cl2N10O10S. The highest BCUT2D eigenvalue weighted by Gasteiger charge is 2.55. The van der Waals surface area contributed by atoms with Crippen LogP contribution in [0.4, 0.5) is 17.5 Å². The number of aliphatic carboxylic acids is 1. The van der Waals surface area contributed by atoms with Crippen molar-refractivity contribution < 1.29 is 42.2 Å². The number of amides is 3. The predicted molar refractivity (Wildman–Crippen MR) is 318 cm³/mol. The summed E-state index contributed by atoms with van der Waals surface area (Å²) in [6.45, 7) is 13.3. The highest BCUT2D eigenvalue weighted by atomic mass is 35.5. The van der Waals surface area contributed by atoms with E-state index >= 15 is 4.79 Å². The third-order valence-electron chi connectivity index (χ3n) is 17.0. The summed E-state index contributed by atoms with van der Waals surface area (Å²) in [5.41, 5.74) is 1.12. The molecule has 0 radical (unpaired) electrons. The number of nitrogens with zero attached hydrogens (tertiary/aromatic N) is 9. The number of halogens is 2. The van der Waals surface area contributed by atoms with Gasteiger partial charge in [0.15, 0.2) is 5.78 Å². The normalized spacial score (nSPS) is 20.7. The van der Waals surface area contributed by atoms with Gasteiger partial charge in [0.1, 0.15) is 11.5 Å². The highest BCUT2D eigenvalue weighted by Crippen LogP contribution is 2.53. The molecule has 83 heavy (non-hydrogen) atoms. The number of likely N-dealkylation sites (tertiary alicyclic amines) is 1. The Labute approximate surface area is 494 Å². The number of pyridine rings is 2. The zero-order valence-electron chi connectivity index (χ0n) is 48.0. The van der Waals surface area contributed by atoms with E-state index < -0.39 is 62.9 Å². The van der Waals surface area contributed by atoms with Gasteiger partial charge in [0, 0.05) is 85.9 Å². The fourth-order valence-electron chi connectivity index (χ4n) is 12.5. The van der Waals surface area contributed by atoms with Crippen LogP contribution in [0.1, 0.15) is 131 Å². The summed E-state index contributed by atoms with van der Waals surface area (Å²) in [4.78, 5) is 101. The Morgan fingerprint density at radius 2 is 1.47 bits per heavy atom. The number of piperidine rings is 1. The quantitative estimate of drug-likeness (QED) is 0.0583. The third kappa shape index (κ3) is 13.7. The maximum atomic E-state index is 15.1. The number of aromatic nitrogens is 4. The van der Waals surface area contributed by atoms with Gasteiger partial charge in [-0.3, -0.25) is 33.3 Å². The fourth-order valence-corrected chi connectivity index (χ4v) is 14.8. The molecule has 4 fully saturated rings. The first-order valence-electron chi connectivity index (χ1n) is 28.5. The number of hydrogen-bond acceptors (Lipinski definition) is 14. The summed E-state index contributed by atoms with van der Waals surface area (Å²) in [6.07, 6.45) is 7.01. The standard InChI is InChI=1S/C60H74Cl2N10O10S/c1-38-47-36-64-58(66-55(47)71(44-12-7-8-13-44)56(78)53(38)39(2)73)65-49-19-18-45(35-63-49)67-22-24-68(25-23-67)50(74)20-30-82-31-21-51(75)69-26-28-70(29-27-69)83(80,81)37-48(59(3,4)5)72-54(40-14-16-42(61)17-15-40)46(41-10-9-11-43(62)32-41)33-60(6,57(72)79)34-52(76)77/h9-11,14-19,32,35-36,44,46,48,54H,7-8,12-13,20-31,33-34,37H2,1-6H3,(H,76,77)(H,63,64,65,66)/t46-,48?,54-,60-/m1/s1. The number of rotatable bonds is 19. The molecule has 3 amide bonds. The summed E-state index contributed by atoms with van der Waals surface area (Å²) in [7, 11) is -4.08. The second-order valence-corrected chi connectivity index (χ2v) is 26.6. The summed E-state index contributed by atoms with van der Waals surface area (Å²) in [5.74, 6) is -2.23. The van der Waals surface area contributed by atoms with Crippen LogP contribution in [-0.4, -0.2) is 159 Å². The van der Waals surface area contributed by atoms with Crippen molar-refractivity contribution in [3.63, 3.8) is 0 Å². The monoisotopic (exact) mass is 1200 g/mol. The van der Waals surface area contributed by atoms with Gasteiger partial charge in [-0.2, -0.15) is 9.29 Å². The molecule has 1 aliphatic carbocycles. The average molecular weight is 1200 g/mol. The Bertz CT molecular complexity index is 3410. The minimum absolute atomic E-state index is 0.0375. The summed E-state index contributed by atoms with van der Waals surface area (Å²) in [6, 6.07) is 16.4. The van der Waals surface area contributed by atoms with E-state index in [-0.39, 0.29) is 99.4 Å². The van der Waals surface area contributed by atoms with Crippen LogP contribution in [0.15, 0.2) is 77.9 Å². The number of Topliss-reactive ketones (excluding diaryl/α,β-unsaturated/α-hetero) is 1. The number of ketones is 1. The van der Waals surface area contributed by atoms with Crippen molar-refractivity contribution in [2.45, 2.75) is 117 Å². The molecule has 4 atom stereocenters. The lowest BCUT2D eigenvalue weighted by molar-refractivity contribution is -0.162. The van der Waals surface area contributed by atoms with Crippen molar-refractivity contribution in [2.24, 2.45) is 10.8 Å². The first kappa shape index (κ1) is 61.1. The van der Waals surface area contributed by atoms with E-state index in [4.69, 9.17) is 32.9 Å². The zero-order valence-corrected chi connectivity index (χ0v) is 50.3. The lowest BCUT2D eigenvalue weighted by Gasteiger charge is -2.54. The molecule has 5 aromatic rings. The van der Waals surface area contributed by atoms with E-state index in [0.29, 0.717) is 58.6 Å². The molecule has 2 N–H and O–H groups in total. The first-order chi connectivity index (χ1) is 39.4. The molecule has 0 spiro atoms. The van der Waals surface area contributed by atoms with Crippen LogP contribution < -0.4 is 15.8 Å². The Kier molecular flexibility index (Phi) is 18.7. The number of ether oxygens (including phenoxy) is 1. The molecule has 444 valence electrons. The number of nitrogens with one attached hydrogen (secondary N) is 1. The van der Waals surface area contributed by atoms with Crippen molar-refractivity contribution >= 4 is 91.2 Å². The van der Waals surface area contributed by atoms with E-state index in [1.54, 1.807) is 69.8 Å². The first-order valence-corrected chi connectivity index (χ1v) is 30.9. The van der Waals surface area contributed by atoms with E-state index in [2.05, 4.69) is 20.2 Å². The van der Waals surface area contributed by atoms with Crippen molar-refractivity contribution in [3.8, 4) is 0 Å². The largest absolute Gasteiger partial charge is 0.481 e. The van der Waals surface area contributed by atoms with Gasteiger partial charge < -0.3 is 34.8 Å². The number of benzene rings is 2. The van der Waals surface area contributed by atoms with Crippen LogP contribution in [0.5, 0.6) is 0 Å². The lowest BCUT2D eigenvalue weighted by Crippen LogP contribution is -2.61. The number of piperazine rings is 2. The van der Waals surface area contributed by atoms with E-state index in [0.717, 1.165) is 42.5 Å². The lowest BCUT2D eigenvalue weighted by atomic mass is 9.66. The fraction of sp³-hybridized carbons (Fsp3) is 0.517. The smallest absolute Gasteiger partial charge is 0.304 e. The average Bonchev–Trinajstić information content (AvgIpc) is 1.88. The van der Waals surface area contributed by atoms with Crippen molar-refractivity contribution in [2.75, 3.05) is 81.5 Å². The maximum Gasteiger partial charge on any atom is 0.304 e. The summed E-state index contributed by atoms with van der Waals surface area (Å²) in [5, 5.41) is 14.9. The van der Waals surface area contributed by atoms with Gasteiger partial charge in [-0.15, -0.1) is 0 Å². The van der Waals surface area contributed by atoms with Gasteiger partial charge in [0.05, 0.1) is 73.2 Å². The minimum Gasteiger partial charge on any atom is -0.481 e. The molecule has 1 saturated carbocycles. The van der Waals surface area contributed by atoms with Crippen LogP contribution >= 0.6 is 23.2 Å². The van der Waals surface area contributed by atoms with Gasteiger partial charge in [-0.25, -0.2) is 18.4 Å². The molecule has 3 aromatic heterocycles. The second kappa shape index (κ2) is 25.4. The predicted octanol–water partition coefficient (Wildman–Crippen LogP) is 8.44. The van der Waals surface area contributed by atoms with Crippen molar-refractivity contribution in [3.05, 3.63) is 116 Å². The van der Waals surface area contributed by atoms with Gasteiger partial charge in [0.2, 0.25) is 33.7 Å². The van der Waals surface area contributed by atoms with Gasteiger partial charge in [0.25, 0.3) is 5.56 Å². The maximum absolute atomic E-state index is 15.1. The minimum atomic E-state index is -4.08. The number of hydrogen-bond donors (Lipinski definition) is 2. The molecule has 6 heterocycles. The van der Waals surface area contributed by atoms with Crippen LogP contribution in [0.25, 0.3) is 11.0 Å². The Morgan fingerprint density at radius 3 is 2.05 bits per heavy atom. The topological polar surface area (TPSA) is 238 Å². The summed E-state index contributed by atoms with van der Waals surface area (Å²) < 4.78 is 38.1. The van der Waals surface area contributed by atoms with Gasteiger partial charge in [-0.05, 0) is 91.6 Å². The number of fused-ring (bicyclic) bond motifs is 1. The van der Waals surface area contributed by atoms with Gasteiger partial charge >= 0.3 is 5.97 Å². The van der Waals surface area contributed by atoms with Crippen molar-refractivity contribution in [1.29, 1.82) is 0 Å².